The highest BCUT2D eigenvalue weighted by atomic mass is 14.0. The van der Waals surface area contributed by atoms with Crippen molar-refractivity contribution in [2.45, 2.75) is 0 Å². The SMILES string of the molecule is [CH2]/C=C/C=C/c1cccc2ccccc12. The topological polar surface area (TPSA) is 0 Å². The lowest BCUT2D eigenvalue weighted by atomic mass is 10.0. The highest BCUT2D eigenvalue weighted by Gasteiger charge is 1.94. The molecule has 0 saturated heterocycles. The molecule has 0 bridgehead atoms. The molecule has 2 aromatic rings. The van der Waals surface area contributed by atoms with Crippen molar-refractivity contribution in [2.24, 2.45) is 0 Å². The molecule has 2 aromatic carbocycles. The largest absolute Gasteiger partial charge is 0.0842 e. The van der Waals surface area contributed by atoms with Crippen LogP contribution in [0, 0.1) is 6.92 Å². The minimum atomic E-state index is 1.24. The lowest BCUT2D eigenvalue weighted by Gasteiger charge is -2.00. The molecule has 0 aliphatic rings. The number of hydrogen-bond acceptors (Lipinski definition) is 0. The van der Waals surface area contributed by atoms with E-state index in [0.29, 0.717) is 0 Å². The number of allylic oxidation sites excluding steroid dienone is 3. The summed E-state index contributed by atoms with van der Waals surface area (Å²) in [5.41, 5.74) is 1.24. The van der Waals surface area contributed by atoms with E-state index in [9.17, 15) is 0 Å². The van der Waals surface area contributed by atoms with Crippen molar-refractivity contribution >= 4 is 16.8 Å². The van der Waals surface area contributed by atoms with Crippen LogP contribution in [0.5, 0.6) is 0 Å². The van der Waals surface area contributed by atoms with E-state index in [1.807, 2.05) is 12.2 Å². The average Bonchev–Trinajstić information content (AvgIpc) is 2.30. The van der Waals surface area contributed by atoms with Crippen LogP contribution in [0.1, 0.15) is 5.56 Å². The lowest BCUT2D eigenvalue weighted by molar-refractivity contribution is 1.71. The molecule has 0 fully saturated rings. The van der Waals surface area contributed by atoms with Crippen LogP contribution in [-0.4, -0.2) is 0 Å². The van der Waals surface area contributed by atoms with E-state index in [4.69, 9.17) is 0 Å². The summed E-state index contributed by atoms with van der Waals surface area (Å²) in [7, 11) is 0. The summed E-state index contributed by atoms with van der Waals surface area (Å²) < 4.78 is 0. The summed E-state index contributed by atoms with van der Waals surface area (Å²) in [6.45, 7) is 3.65. The van der Waals surface area contributed by atoms with Crippen molar-refractivity contribution in [2.75, 3.05) is 0 Å². The second-order valence-corrected chi connectivity index (χ2v) is 3.36. The monoisotopic (exact) mass is 193 g/mol. The van der Waals surface area contributed by atoms with E-state index < -0.39 is 0 Å². The summed E-state index contributed by atoms with van der Waals surface area (Å²) in [6.07, 6.45) is 7.82. The lowest BCUT2D eigenvalue weighted by Crippen LogP contribution is -1.76. The zero-order valence-corrected chi connectivity index (χ0v) is 8.56. The van der Waals surface area contributed by atoms with Crippen molar-refractivity contribution < 1.29 is 0 Å². The number of fused-ring (bicyclic) bond motifs is 1. The van der Waals surface area contributed by atoms with Crippen LogP contribution in [0.3, 0.4) is 0 Å². The molecule has 73 valence electrons. The van der Waals surface area contributed by atoms with Crippen molar-refractivity contribution in [1.82, 2.24) is 0 Å². The summed E-state index contributed by atoms with van der Waals surface area (Å²) in [6, 6.07) is 14.7. The van der Waals surface area contributed by atoms with E-state index in [0.717, 1.165) is 0 Å². The predicted octanol–water partition coefficient (Wildman–Crippen LogP) is 4.24. The van der Waals surface area contributed by atoms with Gasteiger partial charge in [0.15, 0.2) is 0 Å². The number of hydrogen-bond donors (Lipinski definition) is 0. The molecule has 0 heteroatoms. The first kappa shape index (κ1) is 9.72. The van der Waals surface area contributed by atoms with Gasteiger partial charge in [-0.1, -0.05) is 66.8 Å². The van der Waals surface area contributed by atoms with E-state index >= 15 is 0 Å². The predicted molar refractivity (Wildman–Crippen MR) is 67.5 cm³/mol. The quantitative estimate of drug-likeness (QED) is 0.626. The molecule has 0 amide bonds. The fourth-order valence-corrected chi connectivity index (χ4v) is 1.63. The van der Waals surface area contributed by atoms with E-state index in [1.165, 1.54) is 16.3 Å². The molecule has 0 aliphatic carbocycles. The molecule has 15 heavy (non-hydrogen) atoms. The molecule has 0 unspecified atom stereocenters. The van der Waals surface area contributed by atoms with Crippen LogP contribution < -0.4 is 0 Å². The summed E-state index contributed by atoms with van der Waals surface area (Å²) in [5, 5.41) is 2.56. The molecule has 0 N–H and O–H groups in total. The second-order valence-electron chi connectivity index (χ2n) is 3.36. The first-order valence-electron chi connectivity index (χ1n) is 5.02. The van der Waals surface area contributed by atoms with Crippen LogP contribution in [-0.2, 0) is 0 Å². The maximum atomic E-state index is 3.65. The van der Waals surface area contributed by atoms with Gasteiger partial charge >= 0.3 is 0 Å². The molecule has 0 nitrogen and oxygen atoms in total. The van der Waals surface area contributed by atoms with Gasteiger partial charge in [0.1, 0.15) is 0 Å². The zero-order valence-electron chi connectivity index (χ0n) is 8.56. The molecule has 0 spiro atoms. The Balaban J connectivity index is 2.51. The Morgan fingerprint density at radius 1 is 0.867 bits per heavy atom. The molecule has 0 aliphatic heterocycles. The van der Waals surface area contributed by atoms with Gasteiger partial charge in [0.25, 0.3) is 0 Å². The highest BCUT2D eigenvalue weighted by molar-refractivity contribution is 5.90. The molecule has 0 saturated carbocycles. The standard InChI is InChI=1S/C15H13/c1-2-3-4-8-13-10-7-11-14-9-5-6-12-15(13)14/h2-12H,1H2/b3-2+,8-4+. The van der Waals surface area contributed by atoms with Gasteiger partial charge in [-0.25, -0.2) is 0 Å². The smallest absolute Gasteiger partial charge is 0.0111 e. The number of rotatable bonds is 2. The van der Waals surface area contributed by atoms with Crippen molar-refractivity contribution in [3.63, 3.8) is 0 Å². The van der Waals surface area contributed by atoms with Crippen molar-refractivity contribution in [3.8, 4) is 0 Å². The van der Waals surface area contributed by atoms with Crippen LogP contribution >= 0.6 is 0 Å². The normalized spacial score (nSPS) is 11.8. The second kappa shape index (κ2) is 4.61. The third-order valence-electron chi connectivity index (χ3n) is 2.35. The first-order chi connectivity index (χ1) is 7.42. The van der Waals surface area contributed by atoms with Crippen LogP contribution in [0.25, 0.3) is 16.8 Å². The Morgan fingerprint density at radius 3 is 2.53 bits per heavy atom. The molecule has 0 aromatic heterocycles. The van der Waals surface area contributed by atoms with Crippen LogP contribution in [0.2, 0.25) is 0 Å². The zero-order chi connectivity index (χ0) is 10.5. The fraction of sp³-hybridized carbons (Fsp3) is 0. The highest BCUT2D eigenvalue weighted by Crippen LogP contribution is 2.19. The first-order valence-corrected chi connectivity index (χ1v) is 5.02. The fourth-order valence-electron chi connectivity index (χ4n) is 1.63. The minimum absolute atomic E-state index is 1.24. The van der Waals surface area contributed by atoms with E-state index in [1.54, 1.807) is 6.08 Å². The third kappa shape index (κ3) is 2.16. The van der Waals surface area contributed by atoms with Crippen LogP contribution in [0.4, 0.5) is 0 Å². The van der Waals surface area contributed by atoms with Gasteiger partial charge in [0.05, 0.1) is 0 Å². The van der Waals surface area contributed by atoms with E-state index in [2.05, 4.69) is 55.5 Å². The van der Waals surface area contributed by atoms with Gasteiger partial charge in [-0.3, -0.25) is 0 Å². The van der Waals surface area contributed by atoms with Crippen molar-refractivity contribution in [3.05, 3.63) is 73.2 Å². The summed E-state index contributed by atoms with van der Waals surface area (Å²) in [4.78, 5) is 0. The maximum Gasteiger partial charge on any atom is -0.0111 e. The Kier molecular flexibility index (Phi) is 2.99. The maximum absolute atomic E-state index is 3.65. The average molecular weight is 193 g/mol. The van der Waals surface area contributed by atoms with E-state index in [-0.39, 0.29) is 0 Å². The minimum Gasteiger partial charge on any atom is -0.0842 e. The summed E-state index contributed by atoms with van der Waals surface area (Å²) >= 11 is 0. The summed E-state index contributed by atoms with van der Waals surface area (Å²) in [5.74, 6) is 0. The Morgan fingerprint density at radius 2 is 1.67 bits per heavy atom. The van der Waals surface area contributed by atoms with Crippen molar-refractivity contribution in [1.29, 1.82) is 0 Å². The van der Waals surface area contributed by atoms with Crippen LogP contribution in [0.15, 0.2) is 60.7 Å². The van der Waals surface area contributed by atoms with Gasteiger partial charge in [-0.15, -0.1) is 0 Å². The Bertz CT molecular complexity index is 499. The molecular formula is C15H13. The van der Waals surface area contributed by atoms with Gasteiger partial charge in [0, 0.05) is 0 Å². The molecule has 1 radical (unpaired) electrons. The number of benzene rings is 2. The molecule has 0 atom stereocenters. The van der Waals surface area contributed by atoms with Gasteiger partial charge in [0.2, 0.25) is 0 Å². The van der Waals surface area contributed by atoms with Gasteiger partial charge in [-0.2, -0.15) is 0 Å². The molecule has 0 heterocycles. The molecular weight excluding hydrogens is 180 g/mol. The molecule has 2 rings (SSSR count). The Labute approximate surface area is 90.6 Å². The van der Waals surface area contributed by atoms with Gasteiger partial charge < -0.3 is 0 Å². The van der Waals surface area contributed by atoms with Gasteiger partial charge in [-0.05, 0) is 23.3 Å². The Hall–Kier alpha value is -1.82. The third-order valence-corrected chi connectivity index (χ3v) is 2.35.